The second-order valence-corrected chi connectivity index (χ2v) is 6.35. The van der Waals surface area contributed by atoms with E-state index in [-0.39, 0.29) is 0 Å². The topological polar surface area (TPSA) is 80.0 Å². The molecule has 27 heavy (non-hydrogen) atoms. The summed E-state index contributed by atoms with van der Waals surface area (Å²) in [5, 5.41) is 7.09. The van der Waals surface area contributed by atoms with Crippen LogP contribution >= 0.6 is 11.6 Å². The number of halogens is 1. The minimum atomic E-state index is 0.506. The lowest BCUT2D eigenvalue weighted by Crippen LogP contribution is -2.37. The van der Waals surface area contributed by atoms with Crippen LogP contribution in [0.5, 0.6) is 0 Å². The van der Waals surface area contributed by atoms with Crippen molar-refractivity contribution in [3.63, 3.8) is 0 Å². The van der Waals surface area contributed by atoms with E-state index in [2.05, 4.69) is 30.6 Å². The Morgan fingerprint density at radius 2 is 1.89 bits per heavy atom. The number of rotatable bonds is 6. The van der Waals surface area contributed by atoms with Gasteiger partial charge in [0.05, 0.1) is 0 Å². The van der Waals surface area contributed by atoms with E-state index in [1.807, 2.05) is 42.1 Å². The number of hydrogen-bond donors (Lipinski definition) is 2. The maximum Gasteiger partial charge on any atom is 0.191 e. The van der Waals surface area contributed by atoms with E-state index >= 15 is 0 Å². The maximum absolute atomic E-state index is 5.80. The van der Waals surface area contributed by atoms with Crippen LogP contribution in [0.1, 0.15) is 17.0 Å². The van der Waals surface area contributed by atoms with Crippen LogP contribution in [0.15, 0.2) is 54.0 Å². The van der Waals surface area contributed by atoms with Gasteiger partial charge in [0.2, 0.25) is 0 Å². The molecule has 3 aromatic heterocycles. The van der Waals surface area contributed by atoms with Gasteiger partial charge in [0.25, 0.3) is 0 Å². The van der Waals surface area contributed by atoms with Gasteiger partial charge in [-0.2, -0.15) is 0 Å². The fraction of sp³-hybridized carbons (Fsp3) is 0.263. The molecule has 0 atom stereocenters. The minimum Gasteiger partial charge on any atom is -0.356 e. The Morgan fingerprint density at radius 1 is 1.07 bits per heavy atom. The van der Waals surface area contributed by atoms with Crippen LogP contribution in [0.3, 0.4) is 0 Å². The van der Waals surface area contributed by atoms with Gasteiger partial charge < -0.3 is 10.6 Å². The Morgan fingerprint density at radius 3 is 2.52 bits per heavy atom. The van der Waals surface area contributed by atoms with E-state index in [0.29, 0.717) is 11.7 Å². The van der Waals surface area contributed by atoms with Gasteiger partial charge in [0, 0.05) is 44.9 Å². The minimum absolute atomic E-state index is 0.506. The average Bonchev–Trinajstić information content (AvgIpc) is 3.12. The molecule has 0 unspecified atom stereocenters. The highest BCUT2D eigenvalue weighted by atomic mass is 35.5. The van der Waals surface area contributed by atoms with Crippen LogP contribution in [0.25, 0.3) is 5.82 Å². The fourth-order valence-corrected chi connectivity index (χ4v) is 2.68. The molecule has 0 radical (unpaired) electrons. The molecule has 0 saturated carbocycles. The van der Waals surface area contributed by atoms with Crippen molar-refractivity contribution in [1.29, 1.82) is 0 Å². The van der Waals surface area contributed by atoms with E-state index in [1.165, 1.54) is 0 Å². The quantitative estimate of drug-likeness (QED) is 0.388. The molecular formula is C19H22ClN7. The molecule has 8 heteroatoms. The largest absolute Gasteiger partial charge is 0.356 e. The number of aliphatic imine (C=N–C) groups is 1. The molecule has 0 aliphatic rings. The lowest BCUT2D eigenvalue weighted by molar-refractivity contribution is 0.790. The second kappa shape index (κ2) is 9.14. The normalized spacial score (nSPS) is 11.4. The Kier molecular flexibility index (Phi) is 6.38. The summed E-state index contributed by atoms with van der Waals surface area (Å²) in [7, 11) is 1.75. The third kappa shape index (κ3) is 5.27. The number of guanidine groups is 1. The molecule has 140 valence electrons. The first-order chi connectivity index (χ1) is 13.2. The summed E-state index contributed by atoms with van der Waals surface area (Å²) in [6.07, 6.45) is 8.15. The van der Waals surface area contributed by atoms with Gasteiger partial charge in [-0.3, -0.25) is 9.56 Å². The van der Waals surface area contributed by atoms with Crippen molar-refractivity contribution in [3.8, 4) is 5.82 Å². The van der Waals surface area contributed by atoms with Gasteiger partial charge in [-0.05, 0) is 36.6 Å². The van der Waals surface area contributed by atoms with Crippen molar-refractivity contribution in [3.05, 3.63) is 71.2 Å². The smallest absolute Gasteiger partial charge is 0.191 e. The SMILES string of the molecule is CN=C(NCCc1ccc(Cl)nc1)NCc1ccc(-n2ccnc2C)nc1. The number of imidazole rings is 1. The molecule has 3 aromatic rings. The van der Waals surface area contributed by atoms with Crippen LogP contribution in [-0.2, 0) is 13.0 Å². The van der Waals surface area contributed by atoms with Crippen LogP contribution in [0.4, 0.5) is 0 Å². The van der Waals surface area contributed by atoms with E-state index in [1.54, 1.807) is 25.5 Å². The van der Waals surface area contributed by atoms with Crippen molar-refractivity contribution in [2.24, 2.45) is 4.99 Å². The van der Waals surface area contributed by atoms with Gasteiger partial charge in [-0.25, -0.2) is 15.0 Å². The highest BCUT2D eigenvalue weighted by Gasteiger charge is 2.03. The highest BCUT2D eigenvalue weighted by molar-refractivity contribution is 6.29. The molecule has 2 N–H and O–H groups in total. The number of nitrogens with one attached hydrogen (secondary N) is 2. The van der Waals surface area contributed by atoms with Crippen molar-refractivity contribution in [1.82, 2.24) is 30.2 Å². The molecule has 7 nitrogen and oxygen atoms in total. The van der Waals surface area contributed by atoms with E-state index < -0.39 is 0 Å². The molecule has 0 amide bonds. The number of nitrogens with zero attached hydrogens (tertiary/aromatic N) is 5. The van der Waals surface area contributed by atoms with E-state index in [4.69, 9.17) is 11.6 Å². The first kappa shape index (κ1) is 18.8. The van der Waals surface area contributed by atoms with Crippen LogP contribution in [-0.4, -0.2) is 39.1 Å². The molecule has 0 aliphatic carbocycles. The van der Waals surface area contributed by atoms with E-state index in [9.17, 15) is 0 Å². The Labute approximate surface area is 163 Å². The monoisotopic (exact) mass is 383 g/mol. The van der Waals surface area contributed by atoms with Crippen molar-refractivity contribution >= 4 is 17.6 Å². The van der Waals surface area contributed by atoms with E-state index in [0.717, 1.165) is 41.7 Å². The maximum atomic E-state index is 5.80. The molecular weight excluding hydrogens is 362 g/mol. The summed E-state index contributed by atoms with van der Waals surface area (Å²) in [6, 6.07) is 7.80. The average molecular weight is 384 g/mol. The zero-order valence-electron chi connectivity index (χ0n) is 15.4. The summed E-state index contributed by atoms with van der Waals surface area (Å²) in [6.45, 7) is 3.34. The van der Waals surface area contributed by atoms with Gasteiger partial charge in [-0.15, -0.1) is 0 Å². The predicted octanol–water partition coefficient (Wildman–Crippen LogP) is 2.53. The Balaban J connectivity index is 1.47. The van der Waals surface area contributed by atoms with Gasteiger partial charge >= 0.3 is 0 Å². The molecule has 0 saturated heterocycles. The van der Waals surface area contributed by atoms with Crippen molar-refractivity contribution in [2.75, 3.05) is 13.6 Å². The number of pyridine rings is 2. The predicted molar refractivity (Wildman–Crippen MR) is 107 cm³/mol. The van der Waals surface area contributed by atoms with Crippen molar-refractivity contribution < 1.29 is 0 Å². The molecule has 0 spiro atoms. The van der Waals surface area contributed by atoms with Gasteiger partial charge in [0.1, 0.15) is 16.8 Å². The molecule has 0 fully saturated rings. The van der Waals surface area contributed by atoms with Gasteiger partial charge in [-0.1, -0.05) is 23.7 Å². The lowest BCUT2D eigenvalue weighted by Gasteiger charge is -2.12. The summed E-state index contributed by atoms with van der Waals surface area (Å²) >= 11 is 5.80. The Hall–Kier alpha value is -2.93. The number of aromatic nitrogens is 4. The number of hydrogen-bond acceptors (Lipinski definition) is 4. The second-order valence-electron chi connectivity index (χ2n) is 5.96. The molecule has 0 aromatic carbocycles. The zero-order chi connectivity index (χ0) is 19.1. The van der Waals surface area contributed by atoms with Crippen molar-refractivity contribution in [2.45, 2.75) is 19.9 Å². The molecule has 3 heterocycles. The zero-order valence-corrected chi connectivity index (χ0v) is 16.1. The van der Waals surface area contributed by atoms with Gasteiger partial charge in [0.15, 0.2) is 5.96 Å². The standard InChI is InChI=1S/C19H22ClN7/c1-14-22-9-10-27(14)18-6-4-16(12-25-18)13-26-19(21-2)23-8-7-15-3-5-17(20)24-11-15/h3-6,9-12H,7-8,13H2,1-2H3,(H2,21,23,26). The molecule has 3 rings (SSSR count). The first-order valence-electron chi connectivity index (χ1n) is 8.66. The Bertz CT molecular complexity index is 885. The van der Waals surface area contributed by atoms with Crippen LogP contribution < -0.4 is 10.6 Å². The van der Waals surface area contributed by atoms with Crippen LogP contribution in [0.2, 0.25) is 5.15 Å². The third-order valence-corrected chi connectivity index (χ3v) is 4.28. The lowest BCUT2D eigenvalue weighted by atomic mass is 10.2. The highest BCUT2D eigenvalue weighted by Crippen LogP contribution is 2.08. The molecule has 0 bridgehead atoms. The summed E-state index contributed by atoms with van der Waals surface area (Å²) < 4.78 is 1.95. The summed E-state index contributed by atoms with van der Waals surface area (Å²) in [4.78, 5) is 17.0. The molecule has 0 aliphatic heterocycles. The summed E-state index contributed by atoms with van der Waals surface area (Å²) in [5.74, 6) is 2.51. The number of aryl methyl sites for hydroxylation is 1. The first-order valence-corrected chi connectivity index (χ1v) is 9.03. The summed E-state index contributed by atoms with van der Waals surface area (Å²) in [5.41, 5.74) is 2.19. The van der Waals surface area contributed by atoms with Crippen LogP contribution in [0, 0.1) is 6.92 Å². The fourth-order valence-electron chi connectivity index (χ4n) is 2.57. The third-order valence-electron chi connectivity index (χ3n) is 4.06.